The minimum atomic E-state index is 0.922. The van der Waals surface area contributed by atoms with Crippen molar-refractivity contribution < 1.29 is 0 Å². The zero-order chi connectivity index (χ0) is 10.5. The Bertz CT molecular complexity index is 417. The molecule has 0 N–H and O–H groups in total. The van der Waals surface area contributed by atoms with E-state index in [0.29, 0.717) is 0 Å². The summed E-state index contributed by atoms with van der Waals surface area (Å²) >= 11 is 0. The molecule has 0 aromatic rings. The highest BCUT2D eigenvalue weighted by atomic mass is 14.4. The molecular formula is C16H20. The highest BCUT2D eigenvalue weighted by Crippen LogP contribution is 2.48. The van der Waals surface area contributed by atoms with Gasteiger partial charge in [-0.2, -0.15) is 0 Å². The molecule has 3 atom stereocenters. The SMILES string of the molecule is C(=CC1=C2CCC(C1)C2)=C1CC2CCC1C2. The molecule has 3 saturated carbocycles. The lowest BCUT2D eigenvalue weighted by Crippen LogP contribution is -1.96. The van der Waals surface area contributed by atoms with E-state index >= 15 is 0 Å². The Morgan fingerprint density at radius 3 is 2.62 bits per heavy atom. The molecule has 0 aromatic heterocycles. The van der Waals surface area contributed by atoms with E-state index in [1.165, 1.54) is 51.4 Å². The van der Waals surface area contributed by atoms with Gasteiger partial charge in [0.1, 0.15) is 0 Å². The Balaban J connectivity index is 1.61. The van der Waals surface area contributed by atoms with Gasteiger partial charge >= 0.3 is 0 Å². The zero-order valence-electron chi connectivity index (χ0n) is 9.97. The van der Waals surface area contributed by atoms with Gasteiger partial charge in [-0.05, 0) is 86.3 Å². The van der Waals surface area contributed by atoms with Crippen LogP contribution in [0, 0.1) is 17.8 Å². The molecule has 0 nitrogen and oxygen atoms in total. The van der Waals surface area contributed by atoms with Crippen LogP contribution in [0.3, 0.4) is 0 Å². The fourth-order valence-corrected chi connectivity index (χ4v) is 4.42. The Morgan fingerprint density at radius 1 is 1.00 bits per heavy atom. The molecule has 3 unspecified atom stereocenters. The average Bonchev–Trinajstić information content (AvgIpc) is 3.05. The van der Waals surface area contributed by atoms with Crippen molar-refractivity contribution >= 4 is 0 Å². The molecular weight excluding hydrogens is 192 g/mol. The molecule has 4 rings (SSSR count). The van der Waals surface area contributed by atoms with Crippen LogP contribution in [0.5, 0.6) is 0 Å². The number of allylic oxidation sites excluding steroid dienone is 3. The van der Waals surface area contributed by atoms with Gasteiger partial charge in [0.25, 0.3) is 0 Å². The van der Waals surface area contributed by atoms with Crippen LogP contribution in [0.4, 0.5) is 0 Å². The Labute approximate surface area is 98.1 Å². The molecule has 0 radical (unpaired) electrons. The third-order valence-corrected chi connectivity index (χ3v) is 5.33. The molecule has 16 heavy (non-hydrogen) atoms. The predicted octanol–water partition coefficient (Wildman–Crippen LogP) is 4.39. The lowest BCUT2D eigenvalue weighted by molar-refractivity contribution is 0.561. The van der Waals surface area contributed by atoms with E-state index in [-0.39, 0.29) is 0 Å². The summed E-state index contributed by atoms with van der Waals surface area (Å²) < 4.78 is 0. The van der Waals surface area contributed by atoms with Crippen LogP contribution in [0.1, 0.15) is 51.4 Å². The van der Waals surface area contributed by atoms with E-state index in [1.807, 2.05) is 0 Å². The van der Waals surface area contributed by atoms with Gasteiger partial charge < -0.3 is 0 Å². The molecule has 4 aliphatic rings. The van der Waals surface area contributed by atoms with E-state index in [4.69, 9.17) is 0 Å². The van der Waals surface area contributed by atoms with E-state index in [0.717, 1.165) is 17.8 Å². The van der Waals surface area contributed by atoms with E-state index in [1.54, 1.807) is 16.7 Å². The summed E-state index contributed by atoms with van der Waals surface area (Å²) in [5, 5.41) is 0. The lowest BCUT2D eigenvalue weighted by atomic mass is 9.94. The van der Waals surface area contributed by atoms with Crippen LogP contribution in [0.15, 0.2) is 28.5 Å². The molecule has 0 heteroatoms. The maximum absolute atomic E-state index is 3.67. The van der Waals surface area contributed by atoms with E-state index in [2.05, 4.69) is 11.8 Å². The normalized spacial score (nSPS) is 39.8. The minimum Gasteiger partial charge on any atom is -0.121 e. The maximum atomic E-state index is 3.67. The predicted molar refractivity (Wildman–Crippen MR) is 66.0 cm³/mol. The molecule has 0 spiro atoms. The highest BCUT2D eigenvalue weighted by Gasteiger charge is 2.35. The van der Waals surface area contributed by atoms with E-state index < -0.39 is 0 Å². The molecule has 0 heterocycles. The van der Waals surface area contributed by atoms with Gasteiger partial charge in [-0.25, -0.2) is 0 Å². The molecule has 4 bridgehead atoms. The fraction of sp³-hybridized carbons (Fsp3) is 0.688. The maximum Gasteiger partial charge on any atom is -0.0124 e. The second-order valence-corrected chi connectivity index (χ2v) is 6.34. The molecule has 4 aliphatic carbocycles. The van der Waals surface area contributed by atoms with Crippen LogP contribution in [0.25, 0.3) is 0 Å². The van der Waals surface area contributed by atoms with Crippen LogP contribution in [-0.2, 0) is 0 Å². The molecule has 0 aliphatic heterocycles. The van der Waals surface area contributed by atoms with Crippen molar-refractivity contribution in [1.29, 1.82) is 0 Å². The topological polar surface area (TPSA) is 0 Å². The van der Waals surface area contributed by atoms with Gasteiger partial charge in [-0.3, -0.25) is 0 Å². The van der Waals surface area contributed by atoms with Crippen molar-refractivity contribution in [3.63, 3.8) is 0 Å². The summed E-state index contributed by atoms with van der Waals surface area (Å²) in [7, 11) is 0. The second kappa shape index (κ2) is 3.37. The number of hydrogen-bond acceptors (Lipinski definition) is 0. The van der Waals surface area contributed by atoms with Crippen LogP contribution in [-0.4, -0.2) is 0 Å². The van der Waals surface area contributed by atoms with Crippen molar-refractivity contribution in [3.05, 3.63) is 28.5 Å². The van der Waals surface area contributed by atoms with Crippen LogP contribution >= 0.6 is 0 Å². The smallest absolute Gasteiger partial charge is 0.0124 e. The molecule has 0 aromatic carbocycles. The summed E-state index contributed by atoms with van der Waals surface area (Å²) in [4.78, 5) is 0. The second-order valence-electron chi connectivity index (χ2n) is 6.34. The van der Waals surface area contributed by atoms with Crippen molar-refractivity contribution in [3.8, 4) is 0 Å². The van der Waals surface area contributed by atoms with Gasteiger partial charge in [0.2, 0.25) is 0 Å². The first-order chi connectivity index (χ1) is 7.88. The summed E-state index contributed by atoms with van der Waals surface area (Å²) in [6, 6.07) is 0. The standard InChI is InChI=1S/C16H20/c1-3-13-7-11(1)9-15(13)5-6-16-10-12-2-4-14(16)8-12/h5,11-12,14H,1-4,7-10H2. The fourth-order valence-electron chi connectivity index (χ4n) is 4.42. The van der Waals surface area contributed by atoms with Crippen LogP contribution < -0.4 is 0 Å². The van der Waals surface area contributed by atoms with Crippen molar-refractivity contribution in [2.24, 2.45) is 17.8 Å². The number of fused-ring (bicyclic) bond motifs is 4. The highest BCUT2D eigenvalue weighted by molar-refractivity contribution is 5.35. The number of rotatable bonds is 1. The monoisotopic (exact) mass is 212 g/mol. The van der Waals surface area contributed by atoms with Crippen molar-refractivity contribution in [2.45, 2.75) is 51.4 Å². The van der Waals surface area contributed by atoms with Crippen LogP contribution in [0.2, 0.25) is 0 Å². The minimum absolute atomic E-state index is 0.922. The van der Waals surface area contributed by atoms with E-state index in [9.17, 15) is 0 Å². The number of hydrogen-bond donors (Lipinski definition) is 0. The van der Waals surface area contributed by atoms with Gasteiger partial charge in [0, 0.05) is 0 Å². The molecule has 84 valence electrons. The summed E-state index contributed by atoms with van der Waals surface area (Å²) in [6.45, 7) is 0. The molecule has 3 fully saturated rings. The van der Waals surface area contributed by atoms with Gasteiger partial charge in [-0.15, -0.1) is 5.73 Å². The average molecular weight is 212 g/mol. The van der Waals surface area contributed by atoms with Gasteiger partial charge in [0.15, 0.2) is 0 Å². The Hall–Kier alpha value is -0.740. The third-order valence-electron chi connectivity index (χ3n) is 5.33. The quantitative estimate of drug-likeness (QED) is 0.565. The Morgan fingerprint density at radius 2 is 2.00 bits per heavy atom. The largest absolute Gasteiger partial charge is 0.121 e. The first kappa shape index (κ1) is 9.31. The summed E-state index contributed by atoms with van der Waals surface area (Å²) in [5.74, 6) is 2.96. The molecule has 0 amide bonds. The first-order valence-corrected chi connectivity index (χ1v) is 7.05. The van der Waals surface area contributed by atoms with Crippen molar-refractivity contribution in [2.75, 3.05) is 0 Å². The summed E-state index contributed by atoms with van der Waals surface area (Å²) in [6.07, 6.45) is 13.8. The Kier molecular flexibility index (Phi) is 1.96. The van der Waals surface area contributed by atoms with Crippen molar-refractivity contribution in [1.82, 2.24) is 0 Å². The lowest BCUT2D eigenvalue weighted by Gasteiger charge is -2.10. The third kappa shape index (κ3) is 1.36. The first-order valence-electron chi connectivity index (χ1n) is 7.05. The van der Waals surface area contributed by atoms with Gasteiger partial charge in [0.05, 0.1) is 0 Å². The summed E-state index contributed by atoms with van der Waals surface area (Å²) in [5.41, 5.74) is 8.76. The zero-order valence-corrected chi connectivity index (χ0v) is 9.97. The van der Waals surface area contributed by atoms with Gasteiger partial charge in [-0.1, -0.05) is 5.57 Å². The molecule has 0 saturated heterocycles.